The summed E-state index contributed by atoms with van der Waals surface area (Å²) >= 11 is 0.301. The fourth-order valence-corrected chi connectivity index (χ4v) is 6.90. The number of fused-ring (bicyclic) bond motifs is 1. The van der Waals surface area contributed by atoms with Gasteiger partial charge in [-0.15, -0.1) is 0 Å². The Morgan fingerprint density at radius 1 is 1.19 bits per heavy atom. The largest absolute Gasteiger partial charge is 0.611 e. The molecule has 4 N–H and O–H groups in total. The van der Waals surface area contributed by atoms with Crippen molar-refractivity contribution in [3.05, 3.63) is 48.8 Å². The van der Waals surface area contributed by atoms with E-state index in [0.717, 1.165) is 52.0 Å². The highest BCUT2D eigenvalue weighted by molar-refractivity contribution is 7.94. The second kappa shape index (κ2) is 9.03. The summed E-state index contributed by atoms with van der Waals surface area (Å²) in [5.41, 5.74) is 10.4. The van der Waals surface area contributed by atoms with Gasteiger partial charge in [0, 0.05) is 46.6 Å². The first kappa shape index (κ1) is 21.1. The van der Waals surface area contributed by atoms with Gasteiger partial charge in [-0.1, -0.05) is 17.4 Å². The van der Waals surface area contributed by atoms with E-state index in [1.807, 2.05) is 36.4 Å². The van der Waals surface area contributed by atoms with Crippen LogP contribution in [0.4, 0.5) is 11.5 Å². The molecule has 4 aromatic rings. The van der Waals surface area contributed by atoms with Gasteiger partial charge in [0.1, 0.15) is 21.6 Å². The van der Waals surface area contributed by atoms with Crippen molar-refractivity contribution in [3.63, 3.8) is 0 Å². The van der Waals surface area contributed by atoms with Crippen molar-refractivity contribution in [2.24, 2.45) is 0 Å². The number of nitrogen functional groups attached to an aromatic ring is 1. The molecule has 7 nitrogen and oxygen atoms in total. The van der Waals surface area contributed by atoms with Crippen LogP contribution in [0.2, 0.25) is 0 Å². The lowest BCUT2D eigenvalue weighted by atomic mass is 10.00. The Balaban J connectivity index is 1.63. The van der Waals surface area contributed by atoms with Crippen LogP contribution in [0.1, 0.15) is 19.3 Å². The standard InChI is InChI=1S/C23H23N5O2S2/c24-21-20-16(17-6-1-2-9-25-17)12-18(14-7-8-19(27-13-14)26-10-11-29)28-22(20)31-23(21)32(30)15-4-3-5-15/h1-2,6-9,12-13,15,29H,3-5,10-11,24H2,(H,26,27)/t32-/m0/s1. The topological polar surface area (TPSA) is 120 Å². The average Bonchev–Trinajstić information content (AvgIpc) is 3.13. The third-order valence-electron chi connectivity index (χ3n) is 5.62. The SMILES string of the molecule is Nc1c([S@@+]([O-])C2CCC2)sc2nc(-c3ccc(NCCO)nc3)cc(-c3ccccn3)c12. The molecule has 164 valence electrons. The highest BCUT2D eigenvalue weighted by atomic mass is 32.2. The Morgan fingerprint density at radius 2 is 2.06 bits per heavy atom. The van der Waals surface area contributed by atoms with Crippen LogP contribution in [-0.2, 0) is 11.2 Å². The number of anilines is 2. The zero-order valence-electron chi connectivity index (χ0n) is 17.3. The monoisotopic (exact) mass is 465 g/mol. The number of nitrogens with one attached hydrogen (secondary N) is 1. The number of pyridine rings is 3. The third-order valence-corrected chi connectivity index (χ3v) is 8.92. The first-order valence-corrected chi connectivity index (χ1v) is 12.5. The molecule has 1 aliphatic carbocycles. The molecule has 5 rings (SSSR count). The number of aliphatic hydroxyl groups excluding tert-OH is 1. The van der Waals surface area contributed by atoms with Crippen molar-refractivity contribution >= 4 is 44.2 Å². The molecule has 0 radical (unpaired) electrons. The fourth-order valence-electron chi connectivity index (χ4n) is 3.69. The lowest BCUT2D eigenvalue weighted by Crippen LogP contribution is -2.28. The maximum absolute atomic E-state index is 13.1. The molecule has 1 saturated carbocycles. The number of thiophene rings is 1. The van der Waals surface area contributed by atoms with Crippen LogP contribution in [0.3, 0.4) is 0 Å². The molecule has 0 spiro atoms. The summed E-state index contributed by atoms with van der Waals surface area (Å²) in [5.74, 6) is 0.687. The maximum Gasteiger partial charge on any atom is 0.232 e. The lowest BCUT2D eigenvalue weighted by molar-refractivity contribution is 0.311. The summed E-state index contributed by atoms with van der Waals surface area (Å²) in [4.78, 5) is 14.6. The van der Waals surface area contributed by atoms with Gasteiger partial charge in [0.25, 0.3) is 0 Å². The number of hydrogen-bond donors (Lipinski definition) is 3. The quantitative estimate of drug-likeness (QED) is 0.352. The molecular weight excluding hydrogens is 442 g/mol. The van der Waals surface area contributed by atoms with Gasteiger partial charge in [-0.3, -0.25) is 4.98 Å². The van der Waals surface area contributed by atoms with E-state index >= 15 is 0 Å². The summed E-state index contributed by atoms with van der Waals surface area (Å²) in [6.07, 6.45) is 6.59. The Morgan fingerprint density at radius 3 is 2.72 bits per heavy atom. The van der Waals surface area contributed by atoms with Crippen molar-refractivity contribution in [1.29, 1.82) is 0 Å². The van der Waals surface area contributed by atoms with Crippen molar-refractivity contribution < 1.29 is 9.66 Å². The number of aliphatic hydroxyl groups is 1. The van der Waals surface area contributed by atoms with Crippen LogP contribution in [-0.4, -0.2) is 43.0 Å². The number of nitrogens with two attached hydrogens (primary N) is 1. The summed E-state index contributed by atoms with van der Waals surface area (Å²) in [6, 6.07) is 11.5. The number of hydrogen-bond acceptors (Lipinski definition) is 8. The lowest BCUT2D eigenvalue weighted by Gasteiger charge is -2.27. The minimum absolute atomic E-state index is 0.0411. The highest BCUT2D eigenvalue weighted by Gasteiger charge is 2.35. The van der Waals surface area contributed by atoms with Gasteiger partial charge in [0.15, 0.2) is 0 Å². The van der Waals surface area contributed by atoms with Gasteiger partial charge in [-0.25, -0.2) is 9.97 Å². The van der Waals surface area contributed by atoms with E-state index in [-0.39, 0.29) is 11.9 Å². The molecule has 1 aliphatic rings. The van der Waals surface area contributed by atoms with Gasteiger partial charge in [0.2, 0.25) is 4.21 Å². The van der Waals surface area contributed by atoms with Gasteiger partial charge in [-0.2, -0.15) is 0 Å². The van der Waals surface area contributed by atoms with Crippen LogP contribution < -0.4 is 11.1 Å². The molecule has 0 aromatic carbocycles. The van der Waals surface area contributed by atoms with Gasteiger partial charge < -0.3 is 20.7 Å². The second-order valence-electron chi connectivity index (χ2n) is 7.69. The third kappa shape index (κ3) is 3.93. The molecule has 1 atom stereocenters. The molecule has 4 heterocycles. The molecule has 0 unspecified atom stereocenters. The zero-order valence-corrected chi connectivity index (χ0v) is 19.0. The van der Waals surface area contributed by atoms with Crippen LogP contribution in [0.5, 0.6) is 0 Å². The van der Waals surface area contributed by atoms with Crippen LogP contribution in [0, 0.1) is 0 Å². The summed E-state index contributed by atoms with van der Waals surface area (Å²) < 4.78 is 13.8. The highest BCUT2D eigenvalue weighted by Crippen LogP contribution is 2.45. The Bertz CT molecular complexity index is 1230. The Hall–Kier alpha value is -2.72. The number of nitrogens with zero attached hydrogens (tertiary/aromatic N) is 3. The zero-order chi connectivity index (χ0) is 22.1. The molecule has 4 aromatic heterocycles. The van der Waals surface area contributed by atoms with Gasteiger partial charge in [-0.05, 0) is 49.6 Å². The molecule has 0 bridgehead atoms. The Labute approximate surface area is 192 Å². The molecule has 0 saturated heterocycles. The summed E-state index contributed by atoms with van der Waals surface area (Å²) in [7, 11) is 0. The predicted molar refractivity (Wildman–Crippen MR) is 130 cm³/mol. The normalized spacial score (nSPS) is 14.9. The van der Waals surface area contributed by atoms with Crippen molar-refractivity contribution in [3.8, 4) is 22.5 Å². The molecule has 9 heteroatoms. The van der Waals surface area contributed by atoms with Crippen LogP contribution in [0.15, 0.2) is 53.0 Å². The summed E-state index contributed by atoms with van der Waals surface area (Å²) in [6.45, 7) is 0.481. The molecule has 0 amide bonds. The van der Waals surface area contributed by atoms with E-state index in [1.165, 1.54) is 11.3 Å². The number of rotatable bonds is 7. The van der Waals surface area contributed by atoms with E-state index in [9.17, 15) is 4.55 Å². The van der Waals surface area contributed by atoms with E-state index in [2.05, 4.69) is 15.3 Å². The molecule has 1 fully saturated rings. The first-order chi connectivity index (χ1) is 15.7. The van der Waals surface area contributed by atoms with Crippen molar-refractivity contribution in [2.75, 3.05) is 24.2 Å². The average molecular weight is 466 g/mol. The van der Waals surface area contributed by atoms with Crippen molar-refractivity contribution in [2.45, 2.75) is 28.7 Å². The summed E-state index contributed by atoms with van der Waals surface area (Å²) in [5, 5.41) is 13.0. The van der Waals surface area contributed by atoms with Crippen molar-refractivity contribution in [1.82, 2.24) is 15.0 Å². The maximum atomic E-state index is 13.1. The van der Waals surface area contributed by atoms with E-state index < -0.39 is 11.2 Å². The molecular formula is C23H23N5O2S2. The van der Waals surface area contributed by atoms with Gasteiger partial charge in [0.05, 0.1) is 18.0 Å². The predicted octanol–water partition coefficient (Wildman–Crippen LogP) is 4.07. The fraction of sp³-hybridized carbons (Fsp3) is 0.261. The van der Waals surface area contributed by atoms with Crippen LogP contribution >= 0.6 is 11.3 Å². The number of aromatic nitrogens is 3. The first-order valence-electron chi connectivity index (χ1n) is 10.5. The van der Waals surface area contributed by atoms with E-state index in [4.69, 9.17) is 15.8 Å². The Kier molecular flexibility index (Phi) is 5.97. The van der Waals surface area contributed by atoms with E-state index in [1.54, 1.807) is 12.4 Å². The minimum atomic E-state index is -1.12. The van der Waals surface area contributed by atoms with E-state index in [0.29, 0.717) is 22.3 Å². The molecule has 32 heavy (non-hydrogen) atoms. The van der Waals surface area contributed by atoms with Crippen LogP contribution in [0.25, 0.3) is 32.7 Å². The smallest absolute Gasteiger partial charge is 0.232 e. The van der Waals surface area contributed by atoms with Gasteiger partial charge >= 0.3 is 0 Å². The minimum Gasteiger partial charge on any atom is -0.611 e. The second-order valence-corrected chi connectivity index (χ2v) is 10.6. The molecule has 0 aliphatic heterocycles.